The SMILES string of the molecule is O=C1c2[nH]nc(-c3ccc(Cl)cc3)c2C(c2ccc(Cl)c(Cl)c2)N1Cc1ccc(F)cc1. The monoisotopic (exact) mass is 485 g/mol. The van der Waals surface area contributed by atoms with Crippen molar-refractivity contribution in [2.45, 2.75) is 12.6 Å². The van der Waals surface area contributed by atoms with E-state index in [1.807, 2.05) is 18.2 Å². The number of halogens is 4. The van der Waals surface area contributed by atoms with Crippen molar-refractivity contribution in [1.82, 2.24) is 15.1 Å². The molecule has 1 atom stereocenters. The Hall–Kier alpha value is -2.86. The highest BCUT2D eigenvalue weighted by Gasteiger charge is 2.42. The third-order valence-corrected chi connectivity index (χ3v) is 6.50. The Kier molecular flexibility index (Phi) is 5.41. The molecule has 3 aromatic carbocycles. The number of fused-ring (bicyclic) bond motifs is 1. The quantitative estimate of drug-likeness (QED) is 0.340. The van der Waals surface area contributed by atoms with Gasteiger partial charge in [-0.3, -0.25) is 9.89 Å². The Morgan fingerprint density at radius 3 is 2.34 bits per heavy atom. The van der Waals surface area contributed by atoms with Crippen LogP contribution in [-0.4, -0.2) is 21.0 Å². The van der Waals surface area contributed by atoms with E-state index in [-0.39, 0.29) is 18.3 Å². The molecule has 4 nitrogen and oxygen atoms in total. The zero-order chi connectivity index (χ0) is 22.4. The molecule has 1 aliphatic rings. The van der Waals surface area contributed by atoms with Gasteiger partial charge in [0.25, 0.3) is 5.91 Å². The lowest BCUT2D eigenvalue weighted by atomic mass is 9.96. The zero-order valence-corrected chi connectivity index (χ0v) is 18.7. The summed E-state index contributed by atoms with van der Waals surface area (Å²) < 4.78 is 13.4. The highest BCUT2D eigenvalue weighted by atomic mass is 35.5. The van der Waals surface area contributed by atoms with Crippen molar-refractivity contribution in [2.24, 2.45) is 0 Å². The van der Waals surface area contributed by atoms with E-state index in [9.17, 15) is 9.18 Å². The number of carbonyl (C=O) groups is 1. The normalized spacial score (nSPS) is 15.3. The van der Waals surface area contributed by atoms with Gasteiger partial charge in [0.15, 0.2) is 0 Å². The first-order chi connectivity index (χ1) is 15.4. The molecule has 1 amide bonds. The molecule has 2 heterocycles. The van der Waals surface area contributed by atoms with Crippen molar-refractivity contribution in [1.29, 1.82) is 0 Å². The minimum Gasteiger partial charge on any atom is -0.322 e. The number of amides is 1. The molecule has 32 heavy (non-hydrogen) atoms. The van der Waals surface area contributed by atoms with Crippen LogP contribution in [0.2, 0.25) is 15.1 Å². The Morgan fingerprint density at radius 2 is 1.66 bits per heavy atom. The number of H-pyrrole nitrogens is 1. The van der Waals surface area contributed by atoms with Crippen LogP contribution < -0.4 is 0 Å². The number of hydrogen-bond donors (Lipinski definition) is 1. The first-order valence-corrected chi connectivity index (χ1v) is 10.9. The van der Waals surface area contributed by atoms with Crippen LogP contribution >= 0.6 is 34.8 Å². The number of aromatic nitrogens is 2. The van der Waals surface area contributed by atoms with Crippen LogP contribution in [0.3, 0.4) is 0 Å². The summed E-state index contributed by atoms with van der Waals surface area (Å²) in [6.07, 6.45) is 0. The number of aromatic amines is 1. The third kappa shape index (κ3) is 3.66. The molecule has 1 aliphatic heterocycles. The molecule has 1 unspecified atom stereocenters. The largest absolute Gasteiger partial charge is 0.322 e. The van der Waals surface area contributed by atoms with E-state index < -0.39 is 6.04 Å². The average Bonchev–Trinajstić information content (AvgIpc) is 3.32. The fourth-order valence-electron chi connectivity index (χ4n) is 4.00. The minimum atomic E-state index is -0.457. The van der Waals surface area contributed by atoms with Gasteiger partial charge in [0.2, 0.25) is 0 Å². The first kappa shape index (κ1) is 21.0. The van der Waals surface area contributed by atoms with Gasteiger partial charge in [0.05, 0.1) is 21.8 Å². The number of carbonyl (C=O) groups excluding carboxylic acids is 1. The summed E-state index contributed by atoms with van der Waals surface area (Å²) in [4.78, 5) is 15.1. The summed E-state index contributed by atoms with van der Waals surface area (Å²) in [5.41, 5.74) is 4.24. The predicted octanol–water partition coefficient (Wildman–Crippen LogP) is 6.92. The van der Waals surface area contributed by atoms with Crippen LogP contribution in [0, 0.1) is 5.82 Å². The molecule has 0 bridgehead atoms. The van der Waals surface area contributed by atoms with Gasteiger partial charge in [0.1, 0.15) is 11.5 Å². The van der Waals surface area contributed by atoms with Crippen LogP contribution in [0.4, 0.5) is 4.39 Å². The molecule has 5 rings (SSSR count). The fourth-order valence-corrected chi connectivity index (χ4v) is 4.44. The van der Waals surface area contributed by atoms with Gasteiger partial charge >= 0.3 is 0 Å². The van der Waals surface area contributed by atoms with Gasteiger partial charge in [-0.25, -0.2) is 4.39 Å². The number of nitrogens with one attached hydrogen (secondary N) is 1. The molecular formula is C24H15Cl3FN3O. The van der Waals surface area contributed by atoms with E-state index in [0.29, 0.717) is 26.5 Å². The molecule has 0 spiro atoms. The van der Waals surface area contributed by atoms with Gasteiger partial charge in [-0.2, -0.15) is 5.10 Å². The number of nitrogens with zero attached hydrogens (tertiary/aromatic N) is 2. The molecule has 0 saturated heterocycles. The Bertz CT molecular complexity index is 1320. The third-order valence-electron chi connectivity index (χ3n) is 5.51. The molecule has 0 radical (unpaired) electrons. The molecule has 8 heteroatoms. The highest BCUT2D eigenvalue weighted by molar-refractivity contribution is 6.42. The maximum atomic E-state index is 13.4. The molecule has 160 valence electrons. The summed E-state index contributed by atoms with van der Waals surface area (Å²) in [7, 11) is 0. The summed E-state index contributed by atoms with van der Waals surface area (Å²) in [6, 6.07) is 18.2. The lowest BCUT2D eigenvalue weighted by molar-refractivity contribution is 0.0730. The molecule has 1 aromatic heterocycles. The topological polar surface area (TPSA) is 49.0 Å². The van der Waals surface area contributed by atoms with Crippen molar-refractivity contribution in [3.8, 4) is 11.3 Å². The summed E-state index contributed by atoms with van der Waals surface area (Å²) in [6.45, 7) is 0.284. The van der Waals surface area contributed by atoms with E-state index in [1.54, 1.807) is 41.3 Å². The van der Waals surface area contributed by atoms with Crippen LogP contribution in [0.15, 0.2) is 66.7 Å². The molecule has 0 fully saturated rings. The van der Waals surface area contributed by atoms with Crippen molar-refractivity contribution in [3.05, 3.63) is 110 Å². The molecule has 4 aromatic rings. The van der Waals surface area contributed by atoms with Crippen molar-refractivity contribution in [3.63, 3.8) is 0 Å². The summed E-state index contributed by atoms with van der Waals surface area (Å²) in [5, 5.41) is 8.76. The van der Waals surface area contributed by atoms with Gasteiger partial charge in [-0.15, -0.1) is 0 Å². The van der Waals surface area contributed by atoms with Gasteiger partial charge < -0.3 is 4.90 Å². The fraction of sp³-hybridized carbons (Fsp3) is 0.0833. The standard InChI is InChI=1S/C24H15Cl3FN3O/c25-16-6-3-14(4-7-16)21-20-22(30-29-21)24(32)31(12-13-1-8-17(28)9-2-13)23(20)15-5-10-18(26)19(27)11-15/h1-11,23H,12H2,(H,29,30). The molecule has 1 N–H and O–H groups in total. The van der Waals surface area contributed by atoms with Gasteiger partial charge in [-0.05, 0) is 47.5 Å². The second-order valence-corrected chi connectivity index (χ2v) is 8.75. The molecular weight excluding hydrogens is 472 g/mol. The van der Waals surface area contributed by atoms with E-state index >= 15 is 0 Å². The van der Waals surface area contributed by atoms with Crippen molar-refractivity contribution < 1.29 is 9.18 Å². The lowest BCUT2D eigenvalue weighted by Gasteiger charge is -2.27. The molecule has 0 aliphatic carbocycles. The van der Waals surface area contributed by atoms with Gasteiger partial charge in [0, 0.05) is 22.7 Å². The second-order valence-electron chi connectivity index (χ2n) is 7.50. The van der Waals surface area contributed by atoms with Crippen molar-refractivity contribution in [2.75, 3.05) is 0 Å². The zero-order valence-electron chi connectivity index (χ0n) is 16.4. The highest BCUT2D eigenvalue weighted by Crippen LogP contribution is 2.44. The number of rotatable bonds is 4. The van der Waals surface area contributed by atoms with Crippen LogP contribution in [-0.2, 0) is 6.54 Å². The van der Waals surface area contributed by atoms with Crippen LogP contribution in [0.25, 0.3) is 11.3 Å². The Morgan fingerprint density at radius 1 is 0.938 bits per heavy atom. The van der Waals surface area contributed by atoms with Crippen LogP contribution in [0.5, 0.6) is 0 Å². The first-order valence-electron chi connectivity index (χ1n) is 9.77. The van der Waals surface area contributed by atoms with E-state index in [0.717, 1.165) is 22.3 Å². The average molecular weight is 487 g/mol. The minimum absolute atomic E-state index is 0.201. The molecule has 0 saturated carbocycles. The second kappa shape index (κ2) is 8.24. The maximum absolute atomic E-state index is 13.4. The Balaban J connectivity index is 1.65. The smallest absolute Gasteiger partial charge is 0.273 e. The Labute approximate surface area is 198 Å². The number of benzene rings is 3. The lowest BCUT2D eigenvalue weighted by Crippen LogP contribution is -2.29. The summed E-state index contributed by atoms with van der Waals surface area (Å²) >= 11 is 18.5. The van der Waals surface area contributed by atoms with Crippen molar-refractivity contribution >= 4 is 40.7 Å². The van der Waals surface area contributed by atoms with Crippen LogP contribution in [0.1, 0.15) is 33.2 Å². The summed E-state index contributed by atoms with van der Waals surface area (Å²) in [5.74, 6) is -0.532. The van der Waals surface area contributed by atoms with Gasteiger partial charge in [-0.1, -0.05) is 65.1 Å². The van der Waals surface area contributed by atoms with E-state index in [2.05, 4.69) is 10.2 Å². The van der Waals surface area contributed by atoms with E-state index in [4.69, 9.17) is 34.8 Å². The predicted molar refractivity (Wildman–Crippen MR) is 124 cm³/mol. The maximum Gasteiger partial charge on any atom is 0.273 e. The van der Waals surface area contributed by atoms with E-state index in [1.165, 1.54) is 12.1 Å². The number of hydrogen-bond acceptors (Lipinski definition) is 2.